The molecule has 70 valence electrons. The zero-order valence-corrected chi connectivity index (χ0v) is 8.89. The van der Waals surface area contributed by atoms with E-state index in [2.05, 4.69) is 38.7 Å². The highest BCUT2D eigenvalue weighted by molar-refractivity contribution is 4.94. The summed E-state index contributed by atoms with van der Waals surface area (Å²) in [7, 11) is 2.03. The summed E-state index contributed by atoms with van der Waals surface area (Å²) < 4.78 is 0. The quantitative estimate of drug-likeness (QED) is 0.644. The van der Waals surface area contributed by atoms with Crippen molar-refractivity contribution < 1.29 is 0 Å². The maximum Gasteiger partial charge on any atom is 0.0977 e. The summed E-state index contributed by atoms with van der Waals surface area (Å²) >= 11 is 0. The smallest absolute Gasteiger partial charge is 0.0977 e. The SMILES string of the molecule is CCC(C#N)N(C)C(C)(C)CC. The summed E-state index contributed by atoms with van der Waals surface area (Å²) in [4.78, 5) is 2.16. The second kappa shape index (κ2) is 4.47. The minimum absolute atomic E-state index is 0.0555. The van der Waals surface area contributed by atoms with Crippen molar-refractivity contribution in [2.24, 2.45) is 0 Å². The summed E-state index contributed by atoms with van der Waals surface area (Å²) in [5.74, 6) is 0. The molecule has 12 heavy (non-hydrogen) atoms. The fourth-order valence-corrected chi connectivity index (χ4v) is 1.12. The fraction of sp³-hybridized carbons (Fsp3) is 0.900. The Morgan fingerprint density at radius 2 is 1.92 bits per heavy atom. The Morgan fingerprint density at radius 1 is 1.42 bits per heavy atom. The van der Waals surface area contributed by atoms with Crippen LogP contribution in [0.15, 0.2) is 0 Å². The van der Waals surface area contributed by atoms with Crippen LogP contribution in [-0.2, 0) is 0 Å². The molecule has 0 aromatic carbocycles. The van der Waals surface area contributed by atoms with Crippen molar-refractivity contribution in [1.29, 1.82) is 5.26 Å². The van der Waals surface area contributed by atoms with Gasteiger partial charge in [0.25, 0.3) is 0 Å². The zero-order valence-electron chi connectivity index (χ0n) is 8.89. The lowest BCUT2D eigenvalue weighted by molar-refractivity contribution is 0.120. The molecule has 1 unspecified atom stereocenters. The maximum absolute atomic E-state index is 8.86. The molecule has 2 heteroatoms. The highest BCUT2D eigenvalue weighted by atomic mass is 15.2. The molecule has 0 N–H and O–H groups in total. The van der Waals surface area contributed by atoms with Gasteiger partial charge in [0.15, 0.2) is 0 Å². The second-order valence-electron chi connectivity index (χ2n) is 3.83. The molecular weight excluding hydrogens is 148 g/mol. The molecule has 0 spiro atoms. The lowest BCUT2D eigenvalue weighted by atomic mass is 9.97. The average Bonchev–Trinajstić information content (AvgIpc) is 2.06. The molecular formula is C10H20N2. The minimum atomic E-state index is 0.0555. The van der Waals surface area contributed by atoms with Crippen LogP contribution in [0, 0.1) is 11.3 Å². The van der Waals surface area contributed by atoms with E-state index in [0.717, 1.165) is 12.8 Å². The van der Waals surface area contributed by atoms with Crippen LogP contribution < -0.4 is 0 Å². The van der Waals surface area contributed by atoms with Gasteiger partial charge in [0.2, 0.25) is 0 Å². The molecule has 0 aliphatic rings. The van der Waals surface area contributed by atoms with Gasteiger partial charge in [-0.25, -0.2) is 0 Å². The fourth-order valence-electron chi connectivity index (χ4n) is 1.12. The van der Waals surface area contributed by atoms with Crippen LogP contribution >= 0.6 is 0 Å². The van der Waals surface area contributed by atoms with Crippen LogP contribution in [-0.4, -0.2) is 23.5 Å². The summed E-state index contributed by atoms with van der Waals surface area (Å²) in [5.41, 5.74) is 0.135. The number of rotatable bonds is 4. The molecule has 0 aromatic heterocycles. The summed E-state index contributed by atoms with van der Waals surface area (Å²) in [6.07, 6.45) is 1.97. The van der Waals surface area contributed by atoms with E-state index in [4.69, 9.17) is 5.26 Å². The van der Waals surface area contributed by atoms with Gasteiger partial charge in [-0.3, -0.25) is 4.90 Å². The van der Waals surface area contributed by atoms with Crippen molar-refractivity contribution in [1.82, 2.24) is 4.90 Å². The third-order valence-electron chi connectivity index (χ3n) is 2.82. The van der Waals surface area contributed by atoms with E-state index in [1.165, 1.54) is 0 Å². The Morgan fingerprint density at radius 3 is 2.17 bits per heavy atom. The Labute approximate surface area is 76.2 Å². The van der Waals surface area contributed by atoms with Crippen molar-refractivity contribution in [3.05, 3.63) is 0 Å². The maximum atomic E-state index is 8.86. The third-order valence-corrected chi connectivity index (χ3v) is 2.82. The molecule has 0 aromatic rings. The van der Waals surface area contributed by atoms with Gasteiger partial charge < -0.3 is 0 Å². The van der Waals surface area contributed by atoms with Crippen LogP contribution in [0.5, 0.6) is 0 Å². The van der Waals surface area contributed by atoms with Gasteiger partial charge in [0.1, 0.15) is 0 Å². The van der Waals surface area contributed by atoms with E-state index in [1.54, 1.807) is 0 Å². The molecule has 0 saturated heterocycles. The van der Waals surface area contributed by atoms with Gasteiger partial charge >= 0.3 is 0 Å². The van der Waals surface area contributed by atoms with Crippen LogP contribution in [0.2, 0.25) is 0 Å². The molecule has 0 heterocycles. The number of hydrogen-bond acceptors (Lipinski definition) is 2. The minimum Gasteiger partial charge on any atom is -0.286 e. The van der Waals surface area contributed by atoms with Crippen LogP contribution in [0.25, 0.3) is 0 Å². The first-order chi connectivity index (χ1) is 5.49. The monoisotopic (exact) mass is 168 g/mol. The molecule has 0 aliphatic carbocycles. The normalized spacial score (nSPS) is 14.4. The van der Waals surface area contributed by atoms with Gasteiger partial charge in [-0.1, -0.05) is 13.8 Å². The average molecular weight is 168 g/mol. The summed E-state index contributed by atoms with van der Waals surface area (Å²) in [6, 6.07) is 2.37. The third kappa shape index (κ3) is 2.49. The Balaban J connectivity index is 4.37. The molecule has 0 rings (SSSR count). The van der Waals surface area contributed by atoms with Crippen molar-refractivity contribution in [2.45, 2.75) is 52.1 Å². The van der Waals surface area contributed by atoms with Gasteiger partial charge in [-0.2, -0.15) is 5.26 Å². The van der Waals surface area contributed by atoms with Gasteiger partial charge in [0.05, 0.1) is 12.1 Å². The Kier molecular flexibility index (Phi) is 4.26. The van der Waals surface area contributed by atoms with E-state index in [9.17, 15) is 0 Å². The van der Waals surface area contributed by atoms with E-state index in [1.807, 2.05) is 7.05 Å². The van der Waals surface area contributed by atoms with Crippen molar-refractivity contribution in [3.63, 3.8) is 0 Å². The molecule has 0 radical (unpaired) electrons. The largest absolute Gasteiger partial charge is 0.286 e. The molecule has 1 atom stereocenters. The molecule has 0 saturated carbocycles. The highest BCUT2D eigenvalue weighted by Gasteiger charge is 2.26. The van der Waals surface area contributed by atoms with E-state index < -0.39 is 0 Å². The van der Waals surface area contributed by atoms with Gasteiger partial charge in [0, 0.05) is 5.54 Å². The number of nitrogens with zero attached hydrogens (tertiary/aromatic N) is 2. The first-order valence-electron chi connectivity index (χ1n) is 4.62. The second-order valence-corrected chi connectivity index (χ2v) is 3.83. The number of nitriles is 1. The predicted molar refractivity (Wildman–Crippen MR) is 51.8 cm³/mol. The molecule has 0 aliphatic heterocycles. The molecule has 0 amide bonds. The topological polar surface area (TPSA) is 27.0 Å². The van der Waals surface area contributed by atoms with Gasteiger partial charge in [-0.05, 0) is 33.7 Å². The molecule has 2 nitrogen and oxygen atoms in total. The highest BCUT2D eigenvalue weighted by Crippen LogP contribution is 2.19. The van der Waals surface area contributed by atoms with Gasteiger partial charge in [-0.15, -0.1) is 0 Å². The predicted octanol–water partition coefficient (Wildman–Crippen LogP) is 2.41. The molecule has 0 fully saturated rings. The lowest BCUT2D eigenvalue weighted by Gasteiger charge is -2.37. The standard InChI is InChI=1S/C10H20N2/c1-6-9(8-11)12(5)10(3,4)7-2/h9H,6-7H2,1-5H3. The zero-order chi connectivity index (χ0) is 9.78. The number of hydrogen-bond donors (Lipinski definition) is 0. The van der Waals surface area contributed by atoms with Crippen LogP contribution in [0.4, 0.5) is 0 Å². The Bertz CT molecular complexity index is 167. The van der Waals surface area contributed by atoms with Crippen LogP contribution in [0.3, 0.4) is 0 Å². The molecule has 0 bridgehead atoms. The summed E-state index contributed by atoms with van der Waals surface area (Å²) in [6.45, 7) is 8.55. The van der Waals surface area contributed by atoms with E-state index in [0.29, 0.717) is 0 Å². The van der Waals surface area contributed by atoms with Crippen molar-refractivity contribution in [2.75, 3.05) is 7.05 Å². The first kappa shape index (κ1) is 11.4. The Hall–Kier alpha value is -0.550. The van der Waals surface area contributed by atoms with E-state index >= 15 is 0 Å². The first-order valence-corrected chi connectivity index (χ1v) is 4.62. The van der Waals surface area contributed by atoms with Crippen molar-refractivity contribution >= 4 is 0 Å². The van der Waals surface area contributed by atoms with Crippen LogP contribution in [0.1, 0.15) is 40.5 Å². The van der Waals surface area contributed by atoms with Crippen molar-refractivity contribution in [3.8, 4) is 6.07 Å². The van der Waals surface area contributed by atoms with E-state index in [-0.39, 0.29) is 11.6 Å². The lowest BCUT2D eigenvalue weighted by Crippen LogP contribution is -2.46. The summed E-state index contributed by atoms with van der Waals surface area (Å²) in [5, 5.41) is 8.86.